The smallest absolute Gasteiger partial charge is 0.149 e. The summed E-state index contributed by atoms with van der Waals surface area (Å²) in [5, 5.41) is 4.22. The minimum absolute atomic E-state index is 0.282. The van der Waals surface area contributed by atoms with Crippen LogP contribution in [0.5, 0.6) is 0 Å². The van der Waals surface area contributed by atoms with E-state index in [2.05, 4.69) is 48.4 Å². The highest BCUT2D eigenvalue weighted by atomic mass is 19.1. The van der Waals surface area contributed by atoms with Gasteiger partial charge in [-0.2, -0.15) is 0 Å². The van der Waals surface area contributed by atoms with Crippen molar-refractivity contribution < 1.29 is 4.39 Å². The second-order valence-corrected chi connectivity index (χ2v) is 6.07. The van der Waals surface area contributed by atoms with Gasteiger partial charge in [0.1, 0.15) is 11.3 Å². The second kappa shape index (κ2) is 6.78. The first-order valence-corrected chi connectivity index (χ1v) is 8.01. The first-order chi connectivity index (χ1) is 11.1. The van der Waals surface area contributed by atoms with Gasteiger partial charge in [0.15, 0.2) is 0 Å². The Bertz CT molecular complexity index is 794. The summed E-state index contributed by atoms with van der Waals surface area (Å²) in [4.78, 5) is 4.12. The summed E-state index contributed by atoms with van der Waals surface area (Å²) < 4.78 is 13.8. The van der Waals surface area contributed by atoms with Gasteiger partial charge < -0.3 is 5.32 Å². The number of rotatable bonds is 5. The molecule has 0 unspecified atom stereocenters. The number of pyridine rings is 1. The third-order valence-corrected chi connectivity index (χ3v) is 4.10. The van der Waals surface area contributed by atoms with Crippen LogP contribution < -0.4 is 5.32 Å². The summed E-state index contributed by atoms with van der Waals surface area (Å²) in [6.45, 7) is 5.20. The SMILES string of the molecule is CC(C)c1ccc(CCNc2ccnc3c(F)cccc23)cc1. The van der Waals surface area contributed by atoms with Crippen LogP contribution >= 0.6 is 0 Å². The van der Waals surface area contributed by atoms with E-state index in [4.69, 9.17) is 0 Å². The molecule has 0 atom stereocenters. The highest BCUT2D eigenvalue weighted by Gasteiger charge is 2.05. The van der Waals surface area contributed by atoms with Crippen LogP contribution in [0, 0.1) is 5.82 Å². The number of aromatic nitrogens is 1. The van der Waals surface area contributed by atoms with E-state index in [9.17, 15) is 4.39 Å². The van der Waals surface area contributed by atoms with Gasteiger partial charge in [-0.25, -0.2) is 4.39 Å². The fourth-order valence-corrected chi connectivity index (χ4v) is 2.70. The molecule has 0 fully saturated rings. The normalized spacial score (nSPS) is 11.1. The summed E-state index contributed by atoms with van der Waals surface area (Å²) >= 11 is 0. The lowest BCUT2D eigenvalue weighted by Crippen LogP contribution is -2.05. The van der Waals surface area contributed by atoms with E-state index < -0.39 is 0 Å². The minimum atomic E-state index is -0.282. The molecule has 23 heavy (non-hydrogen) atoms. The predicted octanol–water partition coefficient (Wildman–Crippen LogP) is 5.15. The maximum atomic E-state index is 13.8. The summed E-state index contributed by atoms with van der Waals surface area (Å²) in [6, 6.07) is 15.7. The lowest BCUT2D eigenvalue weighted by molar-refractivity contribution is 0.637. The summed E-state index contributed by atoms with van der Waals surface area (Å²) in [5.74, 6) is 0.274. The third kappa shape index (κ3) is 3.50. The Hall–Kier alpha value is -2.42. The van der Waals surface area contributed by atoms with Crippen molar-refractivity contribution in [2.45, 2.75) is 26.2 Å². The highest BCUT2D eigenvalue weighted by Crippen LogP contribution is 2.23. The maximum absolute atomic E-state index is 13.8. The van der Waals surface area contributed by atoms with E-state index in [1.807, 2.05) is 12.1 Å². The van der Waals surface area contributed by atoms with Gasteiger partial charge in [0.2, 0.25) is 0 Å². The molecule has 0 aliphatic carbocycles. The number of nitrogens with one attached hydrogen (secondary N) is 1. The van der Waals surface area contributed by atoms with Gasteiger partial charge in [-0.3, -0.25) is 4.98 Å². The first-order valence-electron chi connectivity index (χ1n) is 8.01. The van der Waals surface area contributed by atoms with Crippen LogP contribution in [0.4, 0.5) is 10.1 Å². The average Bonchev–Trinajstić information content (AvgIpc) is 2.56. The Morgan fingerprint density at radius 1 is 1.04 bits per heavy atom. The van der Waals surface area contributed by atoms with E-state index in [1.54, 1.807) is 12.3 Å². The van der Waals surface area contributed by atoms with Gasteiger partial charge in [-0.15, -0.1) is 0 Å². The monoisotopic (exact) mass is 308 g/mol. The van der Waals surface area contributed by atoms with Crippen LogP contribution in [-0.2, 0) is 6.42 Å². The van der Waals surface area contributed by atoms with Crippen molar-refractivity contribution in [1.82, 2.24) is 4.98 Å². The Labute approximate surface area is 136 Å². The number of anilines is 1. The lowest BCUT2D eigenvalue weighted by Gasteiger charge is -2.10. The molecule has 2 aromatic carbocycles. The molecule has 0 aliphatic rings. The van der Waals surface area contributed by atoms with Gasteiger partial charge in [0.25, 0.3) is 0 Å². The fraction of sp³-hybridized carbons (Fsp3) is 0.250. The molecule has 0 amide bonds. The number of nitrogens with zero attached hydrogens (tertiary/aromatic N) is 1. The Kier molecular flexibility index (Phi) is 4.56. The van der Waals surface area contributed by atoms with E-state index in [-0.39, 0.29) is 5.82 Å². The number of para-hydroxylation sites is 1. The maximum Gasteiger partial charge on any atom is 0.149 e. The number of hydrogen-bond donors (Lipinski definition) is 1. The van der Waals surface area contributed by atoms with Crippen LogP contribution in [0.1, 0.15) is 30.9 Å². The average molecular weight is 308 g/mol. The van der Waals surface area contributed by atoms with Crippen molar-refractivity contribution in [3.8, 4) is 0 Å². The predicted molar refractivity (Wildman–Crippen MR) is 94.4 cm³/mol. The van der Waals surface area contributed by atoms with Crippen LogP contribution in [0.3, 0.4) is 0 Å². The Balaban J connectivity index is 1.68. The second-order valence-electron chi connectivity index (χ2n) is 6.07. The van der Waals surface area contributed by atoms with E-state index in [1.165, 1.54) is 17.2 Å². The molecule has 3 rings (SSSR count). The van der Waals surface area contributed by atoms with E-state index in [0.29, 0.717) is 11.4 Å². The van der Waals surface area contributed by atoms with Crippen LogP contribution in [0.2, 0.25) is 0 Å². The minimum Gasteiger partial charge on any atom is -0.384 e. The molecule has 0 aliphatic heterocycles. The van der Waals surface area contributed by atoms with Crippen molar-refractivity contribution in [3.63, 3.8) is 0 Å². The van der Waals surface area contributed by atoms with Gasteiger partial charge in [-0.05, 0) is 35.6 Å². The molecule has 118 valence electrons. The molecule has 0 spiro atoms. The van der Waals surface area contributed by atoms with Crippen molar-refractivity contribution in [2.24, 2.45) is 0 Å². The van der Waals surface area contributed by atoms with Gasteiger partial charge in [0.05, 0.1) is 0 Å². The van der Waals surface area contributed by atoms with Gasteiger partial charge in [0, 0.05) is 23.8 Å². The molecular weight excluding hydrogens is 287 g/mol. The molecule has 0 bridgehead atoms. The van der Waals surface area contributed by atoms with Crippen molar-refractivity contribution in [2.75, 3.05) is 11.9 Å². The highest BCUT2D eigenvalue weighted by molar-refractivity contribution is 5.91. The molecule has 1 N–H and O–H groups in total. The Morgan fingerprint density at radius 2 is 1.83 bits per heavy atom. The quantitative estimate of drug-likeness (QED) is 0.705. The number of halogens is 1. The molecule has 2 nitrogen and oxygen atoms in total. The Morgan fingerprint density at radius 3 is 2.57 bits per heavy atom. The molecule has 1 heterocycles. The fourth-order valence-electron chi connectivity index (χ4n) is 2.70. The topological polar surface area (TPSA) is 24.9 Å². The molecule has 3 heteroatoms. The number of hydrogen-bond acceptors (Lipinski definition) is 2. The van der Waals surface area contributed by atoms with Crippen LogP contribution in [0.25, 0.3) is 10.9 Å². The zero-order valence-electron chi connectivity index (χ0n) is 13.5. The van der Waals surface area contributed by atoms with Gasteiger partial charge in [-0.1, -0.05) is 50.2 Å². The summed E-state index contributed by atoms with van der Waals surface area (Å²) in [6.07, 6.45) is 2.57. The zero-order valence-corrected chi connectivity index (χ0v) is 13.5. The molecule has 0 saturated carbocycles. The number of fused-ring (bicyclic) bond motifs is 1. The first kappa shape index (κ1) is 15.5. The van der Waals surface area contributed by atoms with Crippen molar-refractivity contribution >= 4 is 16.6 Å². The van der Waals surface area contributed by atoms with E-state index >= 15 is 0 Å². The largest absolute Gasteiger partial charge is 0.384 e. The standard InChI is InChI=1S/C20H21FN2/c1-14(2)16-8-6-15(7-9-16)10-12-22-19-11-13-23-20-17(19)4-3-5-18(20)21/h3-9,11,13-14H,10,12H2,1-2H3,(H,22,23). The molecule has 3 aromatic rings. The molecule has 1 aromatic heterocycles. The molecule has 0 saturated heterocycles. The van der Waals surface area contributed by atoms with Crippen LogP contribution in [-0.4, -0.2) is 11.5 Å². The lowest BCUT2D eigenvalue weighted by atomic mass is 10.0. The summed E-state index contributed by atoms with van der Waals surface area (Å²) in [7, 11) is 0. The summed E-state index contributed by atoms with van der Waals surface area (Å²) in [5.41, 5.74) is 4.00. The third-order valence-electron chi connectivity index (χ3n) is 4.10. The number of benzene rings is 2. The van der Waals surface area contributed by atoms with E-state index in [0.717, 1.165) is 24.0 Å². The zero-order chi connectivity index (χ0) is 16.2. The van der Waals surface area contributed by atoms with Crippen molar-refractivity contribution in [1.29, 1.82) is 0 Å². The van der Waals surface area contributed by atoms with Crippen LogP contribution in [0.15, 0.2) is 54.7 Å². The molecule has 0 radical (unpaired) electrons. The van der Waals surface area contributed by atoms with Gasteiger partial charge >= 0.3 is 0 Å². The molecular formula is C20H21FN2. The van der Waals surface area contributed by atoms with Crippen molar-refractivity contribution in [3.05, 3.63) is 71.7 Å².